The van der Waals surface area contributed by atoms with E-state index in [0.717, 1.165) is 52.8 Å². The fourth-order valence-corrected chi connectivity index (χ4v) is 9.15. The third-order valence-corrected chi connectivity index (χ3v) is 10.8. The number of Topliss-reactive ketones (excluding diaryl/α,β-unsaturated/α-hetero) is 1. The fourth-order valence-electron chi connectivity index (χ4n) is 9.15. The Balaban J connectivity index is 1.19. The Hall–Kier alpha value is -1.71. The highest BCUT2D eigenvalue weighted by atomic mass is 16.1. The van der Waals surface area contributed by atoms with Crippen molar-refractivity contribution in [3.05, 3.63) is 24.7 Å². The number of fused-ring (bicyclic) bond motifs is 6. The Morgan fingerprint density at radius 2 is 1.94 bits per heavy atom. The first-order valence-corrected chi connectivity index (χ1v) is 13.4. The quantitative estimate of drug-likeness (QED) is 0.569. The molecule has 0 amide bonds. The van der Waals surface area contributed by atoms with Gasteiger partial charge in [-0.3, -0.25) is 14.5 Å². The molecule has 32 heavy (non-hydrogen) atoms. The van der Waals surface area contributed by atoms with Gasteiger partial charge in [-0.25, -0.2) is 0 Å². The van der Waals surface area contributed by atoms with Gasteiger partial charge in [0, 0.05) is 17.5 Å². The van der Waals surface area contributed by atoms with Gasteiger partial charge in [0.25, 0.3) is 0 Å². The summed E-state index contributed by atoms with van der Waals surface area (Å²) in [4.78, 5) is 17.8. The molecule has 2 aromatic rings. The molecule has 0 saturated heterocycles. The Morgan fingerprint density at radius 3 is 2.81 bits per heavy atom. The number of hydrogen-bond acceptors (Lipinski definition) is 3. The van der Waals surface area contributed by atoms with Crippen LogP contribution in [0.25, 0.3) is 10.9 Å². The molecule has 0 aliphatic heterocycles. The summed E-state index contributed by atoms with van der Waals surface area (Å²) in [5.41, 5.74) is 1.18. The van der Waals surface area contributed by atoms with Crippen molar-refractivity contribution in [1.29, 1.82) is 0 Å². The molecule has 0 N–H and O–H groups in total. The molecule has 4 saturated carbocycles. The van der Waals surface area contributed by atoms with E-state index >= 15 is 0 Å². The molecule has 8 atom stereocenters. The van der Waals surface area contributed by atoms with Crippen LogP contribution in [-0.4, -0.2) is 20.5 Å². The van der Waals surface area contributed by atoms with E-state index in [1.54, 1.807) is 6.20 Å². The standard InChI is InChI=1S/C28H39N3O/c1-3-18-4-6-21-19(14-18)5-7-23-22(21)10-12-28(2)24(23)8-9-25(28)27(32)17-31-26-16-29-13-11-20(26)15-30-31/h11,13,15-16,18-19,21-25H,3-10,12,14,17H2,1-2H3. The number of nitrogens with zero attached hydrogens (tertiary/aromatic N) is 3. The van der Waals surface area contributed by atoms with Gasteiger partial charge in [0.2, 0.25) is 0 Å². The molecule has 6 rings (SSSR count). The van der Waals surface area contributed by atoms with Crippen molar-refractivity contribution in [2.45, 2.75) is 84.6 Å². The van der Waals surface area contributed by atoms with Gasteiger partial charge in [-0.15, -0.1) is 0 Å². The highest BCUT2D eigenvalue weighted by Crippen LogP contribution is 2.64. The van der Waals surface area contributed by atoms with Gasteiger partial charge in [0.15, 0.2) is 5.78 Å². The minimum absolute atomic E-state index is 0.201. The molecule has 0 spiro atoms. The molecular formula is C28H39N3O. The number of pyridine rings is 1. The second-order valence-corrected chi connectivity index (χ2v) is 11.9. The minimum Gasteiger partial charge on any atom is -0.297 e. The van der Waals surface area contributed by atoms with Gasteiger partial charge in [-0.1, -0.05) is 26.7 Å². The molecule has 4 aliphatic rings. The van der Waals surface area contributed by atoms with Crippen LogP contribution in [0.1, 0.15) is 78.1 Å². The van der Waals surface area contributed by atoms with Gasteiger partial charge in [0.05, 0.1) is 17.9 Å². The fraction of sp³-hybridized carbons (Fsp3) is 0.750. The zero-order valence-corrected chi connectivity index (χ0v) is 19.9. The van der Waals surface area contributed by atoms with Crippen molar-refractivity contribution in [2.24, 2.45) is 46.8 Å². The van der Waals surface area contributed by atoms with Crippen LogP contribution in [0.2, 0.25) is 0 Å². The monoisotopic (exact) mass is 433 g/mol. The smallest absolute Gasteiger partial charge is 0.157 e. The Labute approximate surface area is 192 Å². The summed E-state index contributed by atoms with van der Waals surface area (Å²) in [6.45, 7) is 5.27. The van der Waals surface area contributed by atoms with E-state index in [1.165, 1.54) is 57.8 Å². The van der Waals surface area contributed by atoms with Crippen LogP contribution in [0.15, 0.2) is 24.7 Å². The summed E-state index contributed by atoms with van der Waals surface area (Å²) in [5.74, 6) is 6.16. The van der Waals surface area contributed by atoms with Crippen LogP contribution in [-0.2, 0) is 11.3 Å². The lowest BCUT2D eigenvalue weighted by Gasteiger charge is -2.56. The number of rotatable bonds is 4. The molecule has 172 valence electrons. The summed E-state index contributed by atoms with van der Waals surface area (Å²) in [7, 11) is 0. The highest BCUT2D eigenvalue weighted by molar-refractivity contribution is 5.84. The maximum Gasteiger partial charge on any atom is 0.157 e. The normalized spacial score (nSPS) is 41.1. The second kappa shape index (κ2) is 7.95. The van der Waals surface area contributed by atoms with Crippen LogP contribution < -0.4 is 0 Å². The van der Waals surface area contributed by atoms with Crippen LogP contribution >= 0.6 is 0 Å². The molecule has 4 nitrogen and oxygen atoms in total. The van der Waals surface area contributed by atoms with E-state index in [9.17, 15) is 4.79 Å². The largest absolute Gasteiger partial charge is 0.297 e. The molecule has 4 aliphatic carbocycles. The van der Waals surface area contributed by atoms with E-state index in [2.05, 4.69) is 23.9 Å². The molecule has 8 unspecified atom stereocenters. The number of carbonyl (C=O) groups excluding carboxylic acids is 1. The lowest BCUT2D eigenvalue weighted by atomic mass is 9.49. The molecule has 0 radical (unpaired) electrons. The van der Waals surface area contributed by atoms with Crippen molar-refractivity contribution in [2.75, 3.05) is 0 Å². The zero-order chi connectivity index (χ0) is 21.9. The lowest BCUT2D eigenvalue weighted by Crippen LogP contribution is -2.49. The second-order valence-electron chi connectivity index (χ2n) is 11.9. The van der Waals surface area contributed by atoms with E-state index in [-0.39, 0.29) is 11.3 Å². The van der Waals surface area contributed by atoms with Crippen molar-refractivity contribution in [3.63, 3.8) is 0 Å². The summed E-state index contributed by atoms with van der Waals surface area (Å²) in [6, 6.07) is 1.97. The van der Waals surface area contributed by atoms with Gasteiger partial charge in [-0.2, -0.15) is 5.10 Å². The predicted octanol–water partition coefficient (Wildman–Crippen LogP) is 6.30. The molecule has 0 bridgehead atoms. The lowest BCUT2D eigenvalue weighted by molar-refractivity contribution is -0.131. The first-order valence-electron chi connectivity index (χ1n) is 13.4. The summed E-state index contributed by atoms with van der Waals surface area (Å²) >= 11 is 0. The third-order valence-electron chi connectivity index (χ3n) is 10.8. The Morgan fingerprint density at radius 1 is 1.06 bits per heavy atom. The van der Waals surface area contributed by atoms with Gasteiger partial charge < -0.3 is 0 Å². The summed E-state index contributed by atoms with van der Waals surface area (Å²) in [6.07, 6.45) is 19.2. The Kier molecular flexibility index (Phi) is 5.19. The van der Waals surface area contributed by atoms with Crippen molar-refractivity contribution < 1.29 is 4.79 Å². The van der Waals surface area contributed by atoms with Crippen LogP contribution in [0.4, 0.5) is 0 Å². The van der Waals surface area contributed by atoms with Gasteiger partial charge in [-0.05, 0) is 98.4 Å². The number of aromatic nitrogens is 3. The van der Waals surface area contributed by atoms with Gasteiger partial charge in [0.1, 0.15) is 6.54 Å². The number of carbonyl (C=O) groups is 1. The average molecular weight is 434 g/mol. The highest BCUT2D eigenvalue weighted by Gasteiger charge is 2.58. The van der Waals surface area contributed by atoms with Gasteiger partial charge >= 0.3 is 0 Å². The van der Waals surface area contributed by atoms with E-state index < -0.39 is 0 Å². The Bertz CT molecular complexity index is 997. The molecule has 2 aromatic heterocycles. The SMILES string of the molecule is CCC1CCC2C(CCC3C2CCC2(C)C(C(=O)Cn4ncc5ccncc54)CCC32)C1. The van der Waals surface area contributed by atoms with Crippen LogP contribution in [0, 0.1) is 46.8 Å². The zero-order valence-electron chi connectivity index (χ0n) is 19.9. The summed E-state index contributed by atoms with van der Waals surface area (Å²) < 4.78 is 1.88. The van der Waals surface area contributed by atoms with Crippen LogP contribution in [0.3, 0.4) is 0 Å². The predicted molar refractivity (Wildman–Crippen MR) is 127 cm³/mol. The first kappa shape index (κ1) is 20.9. The van der Waals surface area contributed by atoms with E-state index in [4.69, 9.17) is 0 Å². The molecule has 4 fully saturated rings. The first-order chi connectivity index (χ1) is 15.6. The van der Waals surface area contributed by atoms with E-state index in [0.29, 0.717) is 12.3 Å². The summed E-state index contributed by atoms with van der Waals surface area (Å²) in [5, 5.41) is 5.58. The van der Waals surface area contributed by atoms with E-state index in [1.807, 2.05) is 23.1 Å². The van der Waals surface area contributed by atoms with Crippen molar-refractivity contribution in [3.8, 4) is 0 Å². The third kappa shape index (κ3) is 3.19. The molecule has 2 heterocycles. The maximum atomic E-state index is 13.6. The molecule has 4 heteroatoms. The van der Waals surface area contributed by atoms with Crippen molar-refractivity contribution >= 4 is 16.7 Å². The van der Waals surface area contributed by atoms with Crippen LogP contribution in [0.5, 0.6) is 0 Å². The topological polar surface area (TPSA) is 47.8 Å². The minimum atomic E-state index is 0.201. The number of ketones is 1. The van der Waals surface area contributed by atoms with Crippen molar-refractivity contribution in [1.82, 2.24) is 14.8 Å². The maximum absolute atomic E-state index is 13.6. The molecular weight excluding hydrogens is 394 g/mol. The molecule has 0 aromatic carbocycles. The average Bonchev–Trinajstić information content (AvgIpc) is 3.39. The number of hydrogen-bond donors (Lipinski definition) is 0.